The van der Waals surface area contributed by atoms with Crippen molar-refractivity contribution in [2.75, 3.05) is 12.4 Å². The van der Waals surface area contributed by atoms with Crippen molar-refractivity contribution >= 4 is 24.6 Å². The van der Waals surface area contributed by atoms with Gasteiger partial charge in [0.15, 0.2) is 0 Å². The fourth-order valence-electron chi connectivity index (χ4n) is 3.89. The third-order valence-electron chi connectivity index (χ3n) is 5.81. The quantitative estimate of drug-likeness (QED) is 0.698. The van der Waals surface area contributed by atoms with Gasteiger partial charge in [0.1, 0.15) is 17.4 Å². The molecule has 1 spiro atoms. The molecule has 27 heavy (non-hydrogen) atoms. The molecule has 7 nitrogen and oxygen atoms in total. The van der Waals surface area contributed by atoms with E-state index in [0.717, 1.165) is 19.3 Å². The third kappa shape index (κ3) is 3.96. The topological polar surface area (TPSA) is 90.9 Å². The zero-order valence-electron chi connectivity index (χ0n) is 16.2. The Morgan fingerprint density at radius 3 is 2.70 bits per heavy atom. The van der Waals surface area contributed by atoms with E-state index in [4.69, 9.17) is 4.74 Å². The number of carbonyl (C=O) groups excluding carboxylic acids is 2. The minimum atomic E-state index is -0.789. The monoisotopic (exact) mass is 373 g/mol. The molecule has 0 radical (unpaired) electrons. The molecule has 3 N–H and O–H groups in total. The molecular weight excluding hydrogens is 345 g/mol. The van der Waals surface area contributed by atoms with Crippen LogP contribution in [0.3, 0.4) is 0 Å². The summed E-state index contributed by atoms with van der Waals surface area (Å²) < 4.78 is 6.40. The fraction of sp³-hybridized carbons (Fsp3) is 0.579. The van der Waals surface area contributed by atoms with E-state index in [1.165, 1.54) is 0 Å². The zero-order valence-corrected chi connectivity index (χ0v) is 16.2. The van der Waals surface area contributed by atoms with Crippen LogP contribution in [0.5, 0.6) is 5.75 Å². The van der Waals surface area contributed by atoms with Crippen molar-refractivity contribution in [2.24, 2.45) is 0 Å². The van der Waals surface area contributed by atoms with E-state index in [0.29, 0.717) is 24.3 Å². The summed E-state index contributed by atoms with van der Waals surface area (Å²) >= 11 is 0. The van der Waals surface area contributed by atoms with Gasteiger partial charge >= 0.3 is 7.05 Å². The van der Waals surface area contributed by atoms with Crippen molar-refractivity contribution in [3.05, 3.63) is 24.3 Å². The Balaban J connectivity index is 1.89. The Kier molecular flexibility index (Phi) is 5.76. The van der Waals surface area contributed by atoms with E-state index in [1.807, 2.05) is 18.2 Å². The van der Waals surface area contributed by atoms with Crippen LogP contribution in [0.25, 0.3) is 0 Å². The van der Waals surface area contributed by atoms with Gasteiger partial charge in [-0.15, -0.1) is 0 Å². The summed E-state index contributed by atoms with van der Waals surface area (Å²) in [5.74, 6) is 0.0683. The number of likely N-dealkylation sites (N-methyl/N-ethyl adjacent to an activating group) is 1. The van der Waals surface area contributed by atoms with E-state index in [9.17, 15) is 14.6 Å². The van der Waals surface area contributed by atoms with Gasteiger partial charge in [0.2, 0.25) is 5.91 Å². The van der Waals surface area contributed by atoms with Crippen LogP contribution in [0.15, 0.2) is 24.3 Å². The van der Waals surface area contributed by atoms with E-state index in [-0.39, 0.29) is 11.8 Å². The van der Waals surface area contributed by atoms with Gasteiger partial charge in [-0.25, -0.2) is 0 Å². The number of fused-ring (bicyclic) bond motifs is 1. The number of hydrogen-bond acceptors (Lipinski definition) is 5. The normalized spacial score (nSPS) is 22.3. The first kappa shape index (κ1) is 19.7. The van der Waals surface area contributed by atoms with Gasteiger partial charge in [-0.2, -0.15) is 0 Å². The molecule has 8 heteroatoms. The molecule has 146 valence electrons. The van der Waals surface area contributed by atoms with Crippen LogP contribution in [0.2, 0.25) is 6.82 Å². The van der Waals surface area contributed by atoms with Crippen molar-refractivity contribution in [3.8, 4) is 5.75 Å². The number of nitrogens with one attached hydrogen (secondary N) is 2. The molecule has 1 saturated carbocycles. The maximum absolute atomic E-state index is 13.0. The molecule has 1 heterocycles. The average molecular weight is 373 g/mol. The Morgan fingerprint density at radius 1 is 1.37 bits per heavy atom. The number of benzene rings is 1. The highest BCUT2D eigenvalue weighted by Gasteiger charge is 2.49. The molecule has 2 atom stereocenters. The number of nitrogens with zero attached hydrogens (tertiary/aromatic N) is 1. The summed E-state index contributed by atoms with van der Waals surface area (Å²) in [6.07, 6.45) is 4.41. The molecule has 2 aliphatic rings. The van der Waals surface area contributed by atoms with Crippen LogP contribution in [0.4, 0.5) is 5.69 Å². The molecule has 0 unspecified atom stereocenters. The molecule has 1 aliphatic heterocycles. The zero-order chi connectivity index (χ0) is 19.6. The van der Waals surface area contributed by atoms with E-state index >= 15 is 0 Å². The van der Waals surface area contributed by atoms with E-state index in [1.54, 1.807) is 31.7 Å². The Morgan fingerprint density at radius 2 is 2.04 bits per heavy atom. The summed E-state index contributed by atoms with van der Waals surface area (Å²) in [4.78, 5) is 27.4. The summed E-state index contributed by atoms with van der Waals surface area (Å²) in [6.45, 7) is 3.31. The lowest BCUT2D eigenvalue weighted by molar-refractivity contribution is -0.134. The van der Waals surface area contributed by atoms with Crippen LogP contribution in [0, 0.1) is 0 Å². The smallest absolute Gasteiger partial charge is 0.376 e. The van der Waals surface area contributed by atoms with Crippen molar-refractivity contribution < 1.29 is 19.3 Å². The average Bonchev–Trinajstić information content (AvgIpc) is 2.76. The lowest BCUT2D eigenvalue weighted by Gasteiger charge is -2.41. The highest BCUT2D eigenvalue weighted by molar-refractivity contribution is 6.45. The number of hydrogen-bond donors (Lipinski definition) is 3. The lowest BCUT2D eigenvalue weighted by atomic mass is 9.78. The molecular formula is C19H28BN3O4. The first-order chi connectivity index (χ1) is 12.8. The van der Waals surface area contributed by atoms with Gasteiger partial charge in [0.05, 0.1) is 11.7 Å². The van der Waals surface area contributed by atoms with Crippen LogP contribution in [-0.2, 0) is 9.59 Å². The largest absolute Gasteiger partial charge is 0.482 e. The Labute approximate surface area is 160 Å². The van der Waals surface area contributed by atoms with E-state index < -0.39 is 24.7 Å². The Hall–Kier alpha value is -2.06. The Bertz CT molecular complexity index is 706. The van der Waals surface area contributed by atoms with Crippen LogP contribution >= 0.6 is 0 Å². The van der Waals surface area contributed by atoms with Gasteiger partial charge in [-0.3, -0.25) is 9.59 Å². The molecule has 0 saturated heterocycles. The number of carbonyl (C=O) groups is 2. The van der Waals surface area contributed by atoms with Gasteiger partial charge in [0, 0.05) is 0 Å². The lowest BCUT2D eigenvalue weighted by Crippen LogP contribution is -2.63. The van der Waals surface area contributed by atoms with Crippen molar-refractivity contribution in [3.63, 3.8) is 0 Å². The third-order valence-corrected chi connectivity index (χ3v) is 5.81. The standard InChI is InChI=1S/C19H28BN3O4/c1-13(23(3)20(2)26)17(24)22-16-18(25)21-14-9-5-6-10-15(14)27-19(16)11-7-4-8-12-19/h5-6,9-10,13,16,26H,4,7-8,11-12H2,1-3H3,(H,21,25)(H,22,24)/t13-,16-/m0/s1. The van der Waals surface area contributed by atoms with Crippen molar-refractivity contribution in [1.29, 1.82) is 0 Å². The maximum atomic E-state index is 13.0. The van der Waals surface area contributed by atoms with E-state index in [2.05, 4.69) is 10.6 Å². The summed E-state index contributed by atoms with van der Waals surface area (Å²) in [5, 5.41) is 15.6. The number of para-hydroxylation sites is 2. The maximum Gasteiger partial charge on any atom is 0.376 e. The number of ether oxygens (including phenoxy) is 1. The van der Waals surface area contributed by atoms with Gasteiger partial charge < -0.3 is 25.2 Å². The molecule has 2 amide bonds. The summed E-state index contributed by atoms with van der Waals surface area (Å²) in [6, 6.07) is 6.00. The molecule has 1 aromatic carbocycles. The SMILES string of the molecule is CB(O)N(C)[C@@H](C)C(=O)N[C@H]1C(=O)Nc2ccccc2OC12CCCCC2. The molecule has 0 aromatic heterocycles. The molecule has 1 aromatic rings. The minimum absolute atomic E-state index is 0.262. The number of anilines is 1. The predicted octanol–water partition coefficient (Wildman–Crippen LogP) is 1.64. The van der Waals surface area contributed by atoms with Crippen molar-refractivity contribution in [2.45, 2.75) is 63.5 Å². The highest BCUT2D eigenvalue weighted by atomic mass is 16.5. The first-order valence-corrected chi connectivity index (χ1v) is 9.63. The van der Waals surface area contributed by atoms with Gasteiger partial charge in [-0.05, 0) is 58.6 Å². The second kappa shape index (κ2) is 7.90. The fourth-order valence-corrected chi connectivity index (χ4v) is 3.89. The summed E-state index contributed by atoms with van der Waals surface area (Å²) in [5.41, 5.74) is -0.133. The second-order valence-electron chi connectivity index (χ2n) is 7.63. The molecule has 1 aliphatic carbocycles. The number of amides is 2. The van der Waals surface area contributed by atoms with Crippen molar-refractivity contribution in [1.82, 2.24) is 10.1 Å². The first-order valence-electron chi connectivity index (χ1n) is 9.63. The minimum Gasteiger partial charge on any atom is -0.482 e. The van der Waals surface area contributed by atoms with Gasteiger partial charge in [0.25, 0.3) is 5.91 Å². The summed E-state index contributed by atoms with van der Waals surface area (Å²) in [7, 11) is 0.906. The van der Waals surface area contributed by atoms with Gasteiger partial charge in [-0.1, -0.05) is 18.6 Å². The van der Waals surface area contributed by atoms with Crippen LogP contribution in [-0.4, -0.2) is 53.4 Å². The van der Waals surface area contributed by atoms with Crippen LogP contribution < -0.4 is 15.4 Å². The molecule has 1 fully saturated rings. The number of rotatable bonds is 4. The second-order valence-corrected chi connectivity index (χ2v) is 7.63. The molecule has 3 rings (SSSR count). The van der Waals surface area contributed by atoms with Crippen LogP contribution in [0.1, 0.15) is 39.0 Å². The predicted molar refractivity (Wildman–Crippen MR) is 105 cm³/mol. The highest BCUT2D eigenvalue weighted by Crippen LogP contribution is 2.41. The molecule has 0 bridgehead atoms.